The lowest BCUT2D eigenvalue weighted by Gasteiger charge is -2.07. The van der Waals surface area contributed by atoms with E-state index >= 15 is 0 Å². The van der Waals surface area contributed by atoms with Crippen LogP contribution in [0.3, 0.4) is 0 Å². The first-order valence-electron chi connectivity index (χ1n) is 5.63. The van der Waals surface area contributed by atoms with Gasteiger partial charge in [0.15, 0.2) is 5.69 Å². The second kappa shape index (κ2) is 4.65. The Morgan fingerprint density at radius 2 is 2.56 bits per heavy atom. The molecule has 88 valence electrons. The highest BCUT2D eigenvalue weighted by molar-refractivity contribution is 5.89. The highest BCUT2D eigenvalue weighted by Crippen LogP contribution is 2.25. The summed E-state index contributed by atoms with van der Waals surface area (Å²) in [5.74, 6) is 0.0677. The van der Waals surface area contributed by atoms with Crippen molar-refractivity contribution >= 4 is 5.97 Å². The van der Waals surface area contributed by atoms with Crippen LogP contribution in [0.5, 0.6) is 0 Å². The first-order valence-corrected chi connectivity index (χ1v) is 5.63. The molecule has 1 aliphatic heterocycles. The van der Waals surface area contributed by atoms with Gasteiger partial charge >= 0.3 is 5.97 Å². The highest BCUT2D eigenvalue weighted by atomic mass is 16.5. The average molecular weight is 223 g/mol. The van der Waals surface area contributed by atoms with E-state index in [1.807, 2.05) is 13.2 Å². The standard InChI is InChI=1S/C11H17N3O2/c1-3-16-11(15)10-9(7-14(2)13-10)8-4-5-12-6-8/h7-8,12H,3-6H2,1-2H3. The van der Waals surface area contributed by atoms with Crippen LogP contribution in [-0.2, 0) is 11.8 Å². The molecular formula is C11H17N3O2. The van der Waals surface area contributed by atoms with Crippen molar-refractivity contribution in [3.05, 3.63) is 17.5 Å². The monoisotopic (exact) mass is 223 g/mol. The van der Waals surface area contributed by atoms with Gasteiger partial charge in [0, 0.05) is 31.3 Å². The Kier molecular flexibility index (Phi) is 3.24. The molecule has 0 aliphatic carbocycles. The third-order valence-electron chi connectivity index (χ3n) is 2.83. The second-order valence-electron chi connectivity index (χ2n) is 4.02. The fourth-order valence-electron chi connectivity index (χ4n) is 2.08. The number of nitrogens with one attached hydrogen (secondary N) is 1. The Morgan fingerprint density at radius 1 is 1.75 bits per heavy atom. The normalized spacial score (nSPS) is 20.0. The lowest BCUT2D eigenvalue weighted by molar-refractivity contribution is 0.0517. The molecule has 16 heavy (non-hydrogen) atoms. The number of carbonyl (C=O) groups is 1. The number of ether oxygens (including phenoxy) is 1. The number of esters is 1. The molecule has 0 saturated carbocycles. The Bertz CT molecular complexity index is 381. The van der Waals surface area contributed by atoms with Crippen molar-refractivity contribution in [3.8, 4) is 0 Å². The number of aromatic nitrogens is 2. The maximum Gasteiger partial charge on any atom is 0.359 e. The number of aryl methyl sites for hydroxylation is 1. The molecule has 0 bridgehead atoms. The molecule has 1 saturated heterocycles. The second-order valence-corrected chi connectivity index (χ2v) is 4.02. The summed E-state index contributed by atoms with van der Waals surface area (Å²) in [5, 5.41) is 7.48. The Balaban J connectivity index is 2.25. The molecule has 1 unspecified atom stereocenters. The van der Waals surface area contributed by atoms with E-state index < -0.39 is 0 Å². The molecule has 1 aromatic rings. The molecule has 1 fully saturated rings. The molecule has 0 radical (unpaired) electrons. The number of hydrogen-bond acceptors (Lipinski definition) is 4. The number of hydrogen-bond donors (Lipinski definition) is 1. The smallest absolute Gasteiger partial charge is 0.359 e. The molecule has 0 spiro atoms. The molecule has 1 aliphatic rings. The molecule has 0 amide bonds. The van der Waals surface area contributed by atoms with Crippen molar-refractivity contribution in [2.75, 3.05) is 19.7 Å². The number of carbonyl (C=O) groups excluding carboxylic acids is 1. The van der Waals surface area contributed by atoms with E-state index in [4.69, 9.17) is 4.74 Å². The van der Waals surface area contributed by atoms with E-state index in [1.165, 1.54) is 0 Å². The molecule has 1 N–H and O–H groups in total. The van der Waals surface area contributed by atoms with E-state index in [0.717, 1.165) is 25.1 Å². The molecule has 1 atom stereocenters. The van der Waals surface area contributed by atoms with Gasteiger partial charge < -0.3 is 10.1 Å². The van der Waals surface area contributed by atoms with Gasteiger partial charge in [-0.25, -0.2) is 4.79 Å². The van der Waals surface area contributed by atoms with Gasteiger partial charge in [0.05, 0.1) is 6.61 Å². The molecule has 1 aromatic heterocycles. The Morgan fingerprint density at radius 3 is 3.19 bits per heavy atom. The van der Waals surface area contributed by atoms with E-state index in [0.29, 0.717) is 18.2 Å². The van der Waals surface area contributed by atoms with Crippen LogP contribution in [0.25, 0.3) is 0 Å². The molecule has 0 aromatic carbocycles. The zero-order chi connectivity index (χ0) is 11.5. The van der Waals surface area contributed by atoms with Crippen molar-refractivity contribution in [1.82, 2.24) is 15.1 Å². The molecule has 5 heteroatoms. The minimum Gasteiger partial charge on any atom is -0.461 e. The Hall–Kier alpha value is -1.36. The summed E-state index contributed by atoms with van der Waals surface area (Å²) in [6.45, 7) is 4.11. The summed E-state index contributed by atoms with van der Waals surface area (Å²) in [4.78, 5) is 11.7. The van der Waals surface area contributed by atoms with Crippen molar-refractivity contribution in [3.63, 3.8) is 0 Å². The minimum atomic E-state index is -0.315. The summed E-state index contributed by atoms with van der Waals surface area (Å²) in [6.07, 6.45) is 2.97. The minimum absolute atomic E-state index is 0.315. The SMILES string of the molecule is CCOC(=O)c1nn(C)cc1C1CCNC1. The van der Waals surface area contributed by atoms with E-state index in [9.17, 15) is 4.79 Å². The van der Waals surface area contributed by atoms with Gasteiger partial charge in [-0.05, 0) is 19.9 Å². The summed E-state index contributed by atoms with van der Waals surface area (Å²) >= 11 is 0. The van der Waals surface area contributed by atoms with Gasteiger partial charge in [-0.2, -0.15) is 5.10 Å². The summed E-state index contributed by atoms with van der Waals surface area (Å²) < 4.78 is 6.69. The van der Waals surface area contributed by atoms with Crippen LogP contribution in [0.2, 0.25) is 0 Å². The maximum atomic E-state index is 11.7. The van der Waals surface area contributed by atoms with E-state index in [2.05, 4.69) is 10.4 Å². The van der Waals surface area contributed by atoms with Crippen LogP contribution >= 0.6 is 0 Å². The van der Waals surface area contributed by atoms with Gasteiger partial charge in [-0.1, -0.05) is 0 Å². The van der Waals surface area contributed by atoms with Crippen molar-refractivity contribution in [1.29, 1.82) is 0 Å². The van der Waals surface area contributed by atoms with Crippen LogP contribution in [0, 0.1) is 0 Å². The lowest BCUT2D eigenvalue weighted by atomic mass is 9.99. The molecule has 2 rings (SSSR count). The van der Waals surface area contributed by atoms with Gasteiger partial charge in [-0.3, -0.25) is 4.68 Å². The molecule has 2 heterocycles. The number of rotatable bonds is 3. The summed E-state index contributed by atoms with van der Waals surface area (Å²) in [6, 6.07) is 0. The molecule has 5 nitrogen and oxygen atoms in total. The molecular weight excluding hydrogens is 206 g/mol. The van der Waals surface area contributed by atoms with Crippen molar-refractivity contribution in [2.45, 2.75) is 19.3 Å². The third kappa shape index (κ3) is 2.09. The van der Waals surface area contributed by atoms with E-state index in [-0.39, 0.29) is 5.97 Å². The van der Waals surface area contributed by atoms with Gasteiger partial charge in [0.1, 0.15) is 0 Å². The first kappa shape index (κ1) is 11.1. The largest absolute Gasteiger partial charge is 0.461 e. The summed E-state index contributed by atoms with van der Waals surface area (Å²) in [7, 11) is 1.83. The van der Waals surface area contributed by atoms with Crippen LogP contribution in [-0.4, -0.2) is 35.4 Å². The van der Waals surface area contributed by atoms with Gasteiger partial charge in [-0.15, -0.1) is 0 Å². The topological polar surface area (TPSA) is 56.1 Å². The first-order chi connectivity index (χ1) is 7.72. The zero-order valence-electron chi connectivity index (χ0n) is 9.69. The Labute approximate surface area is 94.8 Å². The maximum absolute atomic E-state index is 11.7. The van der Waals surface area contributed by atoms with Gasteiger partial charge in [0.2, 0.25) is 0 Å². The summed E-state index contributed by atoms with van der Waals surface area (Å²) in [5.41, 5.74) is 1.48. The predicted molar refractivity (Wildman–Crippen MR) is 59.4 cm³/mol. The third-order valence-corrected chi connectivity index (χ3v) is 2.83. The van der Waals surface area contributed by atoms with Crippen LogP contribution < -0.4 is 5.32 Å². The fourth-order valence-corrected chi connectivity index (χ4v) is 2.08. The van der Waals surface area contributed by atoms with Gasteiger partial charge in [0.25, 0.3) is 0 Å². The quantitative estimate of drug-likeness (QED) is 0.765. The lowest BCUT2D eigenvalue weighted by Crippen LogP contribution is -2.12. The van der Waals surface area contributed by atoms with Crippen molar-refractivity contribution < 1.29 is 9.53 Å². The fraction of sp³-hybridized carbons (Fsp3) is 0.636. The average Bonchev–Trinajstić information content (AvgIpc) is 2.85. The predicted octanol–water partition coefficient (Wildman–Crippen LogP) is 0.674. The van der Waals surface area contributed by atoms with E-state index in [1.54, 1.807) is 11.6 Å². The van der Waals surface area contributed by atoms with Crippen molar-refractivity contribution in [2.24, 2.45) is 7.05 Å². The zero-order valence-corrected chi connectivity index (χ0v) is 9.69. The number of nitrogens with zero attached hydrogens (tertiary/aromatic N) is 2. The van der Waals surface area contributed by atoms with Crippen LogP contribution in [0.15, 0.2) is 6.20 Å². The van der Waals surface area contributed by atoms with Crippen LogP contribution in [0.1, 0.15) is 35.3 Å². The van der Waals surface area contributed by atoms with Crippen LogP contribution in [0.4, 0.5) is 0 Å². The highest BCUT2D eigenvalue weighted by Gasteiger charge is 2.26.